The number of likely N-dealkylation sites (tertiary alicyclic amines) is 1. The number of nitrogens with one attached hydrogen (secondary N) is 1. The van der Waals surface area contributed by atoms with Gasteiger partial charge in [0.25, 0.3) is 0 Å². The van der Waals surface area contributed by atoms with Crippen LogP contribution in [0, 0.1) is 0 Å². The molecule has 0 bridgehead atoms. The summed E-state index contributed by atoms with van der Waals surface area (Å²) in [5.41, 5.74) is 0. The van der Waals surface area contributed by atoms with E-state index in [1.54, 1.807) is 11.1 Å². The molecule has 1 atom stereocenters. The number of pyridine rings is 1. The molecule has 1 aliphatic heterocycles. The molecule has 0 radical (unpaired) electrons. The number of methoxy groups -OCH3 is 1. The third kappa shape index (κ3) is 5.00. The van der Waals surface area contributed by atoms with E-state index in [0.717, 1.165) is 12.2 Å². The molecule has 1 unspecified atom stereocenters. The van der Waals surface area contributed by atoms with Crippen LogP contribution in [-0.2, 0) is 19.1 Å². The molecule has 22 heavy (non-hydrogen) atoms. The fourth-order valence-corrected chi connectivity index (χ4v) is 2.26. The highest BCUT2D eigenvalue weighted by Gasteiger charge is 2.26. The highest BCUT2D eigenvalue weighted by atomic mass is 16.6. The zero-order chi connectivity index (χ0) is 15.8. The molecule has 0 aromatic carbocycles. The first-order valence-electron chi connectivity index (χ1n) is 7.30. The van der Waals surface area contributed by atoms with Crippen molar-refractivity contribution >= 4 is 17.7 Å². The third-order valence-electron chi connectivity index (χ3n) is 3.47. The van der Waals surface area contributed by atoms with Crippen LogP contribution in [-0.4, -0.2) is 61.2 Å². The number of rotatable bonds is 7. The summed E-state index contributed by atoms with van der Waals surface area (Å²) < 4.78 is 9.94. The number of hydrogen-bond acceptors (Lipinski definition) is 6. The molecule has 0 aliphatic carbocycles. The van der Waals surface area contributed by atoms with Gasteiger partial charge in [0.05, 0.1) is 13.2 Å². The van der Waals surface area contributed by atoms with Gasteiger partial charge in [-0.05, 0) is 18.6 Å². The van der Waals surface area contributed by atoms with Crippen molar-refractivity contribution in [2.24, 2.45) is 0 Å². The summed E-state index contributed by atoms with van der Waals surface area (Å²) >= 11 is 0. The van der Waals surface area contributed by atoms with Gasteiger partial charge in [-0.3, -0.25) is 4.79 Å². The van der Waals surface area contributed by atoms with Crippen molar-refractivity contribution in [3.8, 4) is 0 Å². The number of carbonyl (C=O) groups is 2. The zero-order valence-corrected chi connectivity index (χ0v) is 12.7. The summed E-state index contributed by atoms with van der Waals surface area (Å²) in [7, 11) is 1.32. The normalized spacial score (nSPS) is 17.3. The first kappa shape index (κ1) is 16.2. The largest absolute Gasteiger partial charge is 0.467 e. The number of ether oxygens (including phenoxy) is 2. The Morgan fingerprint density at radius 2 is 2.32 bits per heavy atom. The highest BCUT2D eigenvalue weighted by molar-refractivity contribution is 5.77. The van der Waals surface area contributed by atoms with Crippen molar-refractivity contribution in [2.45, 2.75) is 18.9 Å². The maximum absolute atomic E-state index is 12.1. The van der Waals surface area contributed by atoms with Gasteiger partial charge in [-0.2, -0.15) is 0 Å². The Morgan fingerprint density at radius 3 is 3.05 bits per heavy atom. The molecule has 1 fully saturated rings. The van der Waals surface area contributed by atoms with Crippen LogP contribution in [0.4, 0.5) is 5.82 Å². The lowest BCUT2D eigenvalue weighted by Crippen LogP contribution is -2.31. The number of esters is 1. The zero-order valence-electron chi connectivity index (χ0n) is 12.7. The summed E-state index contributed by atoms with van der Waals surface area (Å²) in [6, 6.07) is 5.59. The Balaban J connectivity index is 1.65. The average molecular weight is 307 g/mol. The lowest BCUT2D eigenvalue weighted by atomic mass is 10.3. The van der Waals surface area contributed by atoms with Crippen molar-refractivity contribution in [3.05, 3.63) is 24.4 Å². The van der Waals surface area contributed by atoms with E-state index in [-0.39, 0.29) is 18.6 Å². The Labute approximate surface area is 129 Å². The molecule has 0 spiro atoms. The molecular weight excluding hydrogens is 286 g/mol. The standard InChI is InChI=1S/C15H21N3O4/c1-21-15(20)11-22-12-6-9-18(10-12)14(19)5-8-17-13-4-2-3-7-16-13/h2-4,7,12H,5-6,8-11H2,1H3,(H,16,17). The van der Waals surface area contributed by atoms with Crippen LogP contribution in [0.3, 0.4) is 0 Å². The van der Waals surface area contributed by atoms with Crippen LogP contribution < -0.4 is 5.32 Å². The van der Waals surface area contributed by atoms with Crippen molar-refractivity contribution in [2.75, 3.05) is 38.7 Å². The molecule has 7 heteroatoms. The maximum Gasteiger partial charge on any atom is 0.331 e. The molecule has 120 valence electrons. The van der Waals surface area contributed by atoms with Crippen LogP contribution >= 0.6 is 0 Å². The van der Waals surface area contributed by atoms with E-state index in [0.29, 0.717) is 26.1 Å². The molecule has 1 aliphatic rings. The van der Waals surface area contributed by atoms with Gasteiger partial charge >= 0.3 is 5.97 Å². The Kier molecular flexibility index (Phi) is 6.14. The quantitative estimate of drug-likeness (QED) is 0.746. The monoisotopic (exact) mass is 307 g/mol. The Morgan fingerprint density at radius 1 is 1.45 bits per heavy atom. The maximum atomic E-state index is 12.1. The SMILES string of the molecule is COC(=O)COC1CCN(C(=O)CCNc2ccccn2)C1. The van der Waals surface area contributed by atoms with Crippen LogP contribution in [0.15, 0.2) is 24.4 Å². The summed E-state index contributed by atoms with van der Waals surface area (Å²) in [5, 5.41) is 3.11. The number of amides is 1. The van der Waals surface area contributed by atoms with Crippen LogP contribution in [0.25, 0.3) is 0 Å². The Hall–Kier alpha value is -2.15. The van der Waals surface area contributed by atoms with Crippen molar-refractivity contribution < 1.29 is 19.1 Å². The molecule has 1 aromatic heterocycles. The minimum Gasteiger partial charge on any atom is -0.467 e. The van der Waals surface area contributed by atoms with Gasteiger partial charge < -0.3 is 19.7 Å². The topological polar surface area (TPSA) is 80.8 Å². The highest BCUT2D eigenvalue weighted by Crippen LogP contribution is 2.14. The lowest BCUT2D eigenvalue weighted by Gasteiger charge is -2.16. The van der Waals surface area contributed by atoms with Crippen molar-refractivity contribution in [3.63, 3.8) is 0 Å². The molecular formula is C15H21N3O4. The van der Waals surface area contributed by atoms with Crippen LogP contribution in [0.5, 0.6) is 0 Å². The predicted molar refractivity (Wildman–Crippen MR) is 80.3 cm³/mol. The smallest absolute Gasteiger partial charge is 0.331 e. The predicted octanol–water partition coefficient (Wildman–Crippen LogP) is 0.674. The first-order chi connectivity index (χ1) is 10.7. The lowest BCUT2D eigenvalue weighted by molar-refractivity contribution is -0.147. The van der Waals surface area contributed by atoms with Crippen LogP contribution in [0.2, 0.25) is 0 Å². The van der Waals surface area contributed by atoms with E-state index >= 15 is 0 Å². The fraction of sp³-hybridized carbons (Fsp3) is 0.533. The van der Waals surface area contributed by atoms with E-state index in [1.165, 1.54) is 7.11 Å². The summed E-state index contributed by atoms with van der Waals surface area (Å²) in [6.07, 6.45) is 2.76. The number of aromatic nitrogens is 1. The summed E-state index contributed by atoms with van der Waals surface area (Å²) in [6.45, 7) is 1.66. The van der Waals surface area contributed by atoms with Crippen molar-refractivity contribution in [1.29, 1.82) is 0 Å². The first-order valence-corrected chi connectivity index (χ1v) is 7.30. The number of carbonyl (C=O) groups excluding carboxylic acids is 2. The minimum absolute atomic E-state index is 0.0651. The molecule has 1 N–H and O–H groups in total. The van der Waals surface area contributed by atoms with Crippen molar-refractivity contribution in [1.82, 2.24) is 9.88 Å². The number of anilines is 1. The van der Waals surface area contributed by atoms with Gasteiger partial charge in [-0.1, -0.05) is 6.07 Å². The molecule has 1 saturated heterocycles. The molecule has 1 aromatic rings. The van der Waals surface area contributed by atoms with Crippen LogP contribution in [0.1, 0.15) is 12.8 Å². The second-order valence-electron chi connectivity index (χ2n) is 5.03. The Bertz CT molecular complexity index is 495. The molecule has 1 amide bonds. The molecule has 7 nitrogen and oxygen atoms in total. The van der Waals surface area contributed by atoms with E-state index in [1.807, 2.05) is 18.2 Å². The molecule has 2 heterocycles. The number of hydrogen-bond donors (Lipinski definition) is 1. The second kappa shape index (κ2) is 8.33. The van der Waals surface area contributed by atoms with Gasteiger partial charge in [0, 0.05) is 32.3 Å². The average Bonchev–Trinajstić information content (AvgIpc) is 3.02. The van der Waals surface area contributed by atoms with Gasteiger partial charge in [-0.15, -0.1) is 0 Å². The van der Waals surface area contributed by atoms with Gasteiger partial charge in [0.2, 0.25) is 5.91 Å². The van der Waals surface area contributed by atoms with Gasteiger partial charge in [0.1, 0.15) is 12.4 Å². The fourth-order valence-electron chi connectivity index (χ4n) is 2.26. The third-order valence-corrected chi connectivity index (χ3v) is 3.47. The van der Waals surface area contributed by atoms with Gasteiger partial charge in [-0.25, -0.2) is 9.78 Å². The van der Waals surface area contributed by atoms with Gasteiger partial charge in [0.15, 0.2) is 0 Å². The summed E-state index contributed by atoms with van der Waals surface area (Å²) in [4.78, 5) is 29.0. The van der Waals surface area contributed by atoms with E-state index in [4.69, 9.17) is 4.74 Å². The minimum atomic E-state index is -0.399. The second-order valence-corrected chi connectivity index (χ2v) is 5.03. The van der Waals surface area contributed by atoms with E-state index in [9.17, 15) is 9.59 Å². The number of nitrogens with zero attached hydrogens (tertiary/aromatic N) is 2. The van der Waals surface area contributed by atoms with E-state index in [2.05, 4.69) is 15.0 Å². The summed E-state index contributed by atoms with van der Waals surface area (Å²) in [5.74, 6) is 0.438. The van der Waals surface area contributed by atoms with E-state index < -0.39 is 5.97 Å². The molecule has 2 rings (SSSR count). The molecule has 0 saturated carbocycles.